The fraction of sp³-hybridized carbons (Fsp3) is 0.385. The average molecular weight is 302 g/mol. The Kier molecular flexibility index (Phi) is 4.25. The molecule has 0 aliphatic carbocycles. The highest BCUT2D eigenvalue weighted by molar-refractivity contribution is 6.30. The van der Waals surface area contributed by atoms with Gasteiger partial charge in [-0.25, -0.2) is 4.39 Å². The van der Waals surface area contributed by atoms with Crippen LogP contribution >= 0.6 is 11.6 Å². The fourth-order valence-corrected chi connectivity index (χ4v) is 2.26. The van der Waals surface area contributed by atoms with Crippen molar-refractivity contribution in [2.75, 3.05) is 20.3 Å². The summed E-state index contributed by atoms with van der Waals surface area (Å²) in [5, 5.41) is 9.00. The average Bonchev–Trinajstić information content (AvgIpc) is 2.89. The third kappa shape index (κ3) is 2.76. The molecule has 20 heavy (non-hydrogen) atoms. The first-order chi connectivity index (χ1) is 9.41. The zero-order valence-corrected chi connectivity index (χ0v) is 11.4. The Hall–Kier alpha value is -1.66. The summed E-state index contributed by atoms with van der Waals surface area (Å²) in [4.78, 5) is 24.6. The summed E-state index contributed by atoms with van der Waals surface area (Å²) < 4.78 is 18.5. The van der Waals surface area contributed by atoms with Gasteiger partial charge in [0, 0.05) is 12.6 Å². The molecule has 0 bridgehead atoms. The zero-order valence-electron chi connectivity index (χ0n) is 10.7. The summed E-state index contributed by atoms with van der Waals surface area (Å²) in [6.07, 6.45) is 0. The van der Waals surface area contributed by atoms with Crippen molar-refractivity contribution >= 4 is 23.5 Å². The summed E-state index contributed by atoms with van der Waals surface area (Å²) in [7, 11) is 1.48. The van der Waals surface area contributed by atoms with Gasteiger partial charge in [-0.15, -0.1) is 0 Å². The SMILES string of the molecule is CN(C(=O)c1ccc(Cl)c(F)c1)C1COCC1C(=O)O. The first-order valence-corrected chi connectivity index (χ1v) is 6.32. The van der Waals surface area contributed by atoms with Crippen LogP contribution in [0.5, 0.6) is 0 Å². The van der Waals surface area contributed by atoms with Gasteiger partial charge in [-0.05, 0) is 18.2 Å². The van der Waals surface area contributed by atoms with Gasteiger partial charge in [0.05, 0.1) is 24.3 Å². The molecule has 1 aliphatic rings. The topological polar surface area (TPSA) is 66.8 Å². The van der Waals surface area contributed by atoms with Gasteiger partial charge in [-0.1, -0.05) is 11.6 Å². The number of benzene rings is 1. The number of carboxylic acid groups (broad SMARTS) is 1. The highest BCUT2D eigenvalue weighted by Gasteiger charge is 2.38. The maximum atomic E-state index is 13.4. The molecule has 1 saturated heterocycles. The van der Waals surface area contributed by atoms with E-state index < -0.39 is 29.7 Å². The second-order valence-corrected chi connectivity index (χ2v) is 5.00. The van der Waals surface area contributed by atoms with Gasteiger partial charge in [-0.3, -0.25) is 9.59 Å². The first kappa shape index (κ1) is 14.7. The summed E-state index contributed by atoms with van der Waals surface area (Å²) >= 11 is 5.56. The Morgan fingerprint density at radius 1 is 1.45 bits per heavy atom. The summed E-state index contributed by atoms with van der Waals surface area (Å²) in [5.74, 6) is -2.96. The molecule has 1 heterocycles. The number of hydrogen-bond acceptors (Lipinski definition) is 3. The molecule has 2 rings (SSSR count). The van der Waals surface area contributed by atoms with Gasteiger partial charge in [0.25, 0.3) is 5.91 Å². The van der Waals surface area contributed by atoms with Gasteiger partial charge in [0.15, 0.2) is 0 Å². The maximum absolute atomic E-state index is 13.4. The molecule has 1 aromatic carbocycles. The molecule has 0 radical (unpaired) electrons. The molecule has 108 valence electrons. The van der Waals surface area contributed by atoms with Crippen molar-refractivity contribution in [1.29, 1.82) is 0 Å². The van der Waals surface area contributed by atoms with Crippen LogP contribution in [0.4, 0.5) is 4.39 Å². The van der Waals surface area contributed by atoms with Crippen LogP contribution in [-0.2, 0) is 9.53 Å². The predicted octanol–water partition coefficient (Wildman–Crippen LogP) is 1.65. The van der Waals surface area contributed by atoms with E-state index in [9.17, 15) is 14.0 Å². The number of carboxylic acids is 1. The van der Waals surface area contributed by atoms with Crippen molar-refractivity contribution < 1.29 is 23.8 Å². The van der Waals surface area contributed by atoms with Crippen LogP contribution in [0.1, 0.15) is 10.4 Å². The Labute approximate surface area is 119 Å². The van der Waals surface area contributed by atoms with Gasteiger partial charge >= 0.3 is 5.97 Å². The van der Waals surface area contributed by atoms with E-state index in [1.807, 2.05) is 0 Å². The Balaban J connectivity index is 2.19. The van der Waals surface area contributed by atoms with E-state index >= 15 is 0 Å². The minimum atomic E-state index is -1.02. The van der Waals surface area contributed by atoms with Crippen molar-refractivity contribution in [1.82, 2.24) is 4.90 Å². The number of carbonyl (C=O) groups is 2. The van der Waals surface area contributed by atoms with Gasteiger partial charge in [-0.2, -0.15) is 0 Å². The molecule has 2 atom stereocenters. The molecule has 1 amide bonds. The molecule has 0 spiro atoms. The quantitative estimate of drug-likeness (QED) is 0.922. The van der Waals surface area contributed by atoms with E-state index in [-0.39, 0.29) is 23.8 Å². The van der Waals surface area contributed by atoms with Crippen LogP contribution in [0.2, 0.25) is 5.02 Å². The highest BCUT2D eigenvalue weighted by atomic mass is 35.5. The molecular formula is C13H13ClFNO4. The lowest BCUT2D eigenvalue weighted by atomic mass is 10.0. The zero-order chi connectivity index (χ0) is 14.9. The van der Waals surface area contributed by atoms with Gasteiger partial charge in [0.2, 0.25) is 0 Å². The molecule has 1 aliphatic heterocycles. The van der Waals surface area contributed by atoms with Gasteiger partial charge < -0.3 is 14.7 Å². The van der Waals surface area contributed by atoms with Crippen LogP contribution in [0, 0.1) is 11.7 Å². The van der Waals surface area contributed by atoms with Gasteiger partial charge in [0.1, 0.15) is 11.7 Å². The van der Waals surface area contributed by atoms with Crippen molar-refractivity contribution in [3.8, 4) is 0 Å². The lowest BCUT2D eigenvalue weighted by molar-refractivity contribution is -0.142. The lowest BCUT2D eigenvalue weighted by Crippen LogP contribution is -2.44. The number of aliphatic carboxylic acids is 1. The van der Waals surface area contributed by atoms with E-state index in [0.717, 1.165) is 6.07 Å². The summed E-state index contributed by atoms with van der Waals surface area (Å²) in [6.45, 7) is 0.210. The molecule has 0 aromatic heterocycles. The molecule has 7 heteroatoms. The number of rotatable bonds is 3. The lowest BCUT2D eigenvalue weighted by Gasteiger charge is -2.26. The normalized spacial score (nSPS) is 21.8. The van der Waals surface area contributed by atoms with Crippen LogP contribution in [0.15, 0.2) is 18.2 Å². The largest absolute Gasteiger partial charge is 0.481 e. The second-order valence-electron chi connectivity index (χ2n) is 4.59. The monoisotopic (exact) mass is 301 g/mol. The molecule has 1 N–H and O–H groups in total. The number of ether oxygens (including phenoxy) is 1. The smallest absolute Gasteiger partial charge is 0.311 e. The van der Waals surface area contributed by atoms with Crippen LogP contribution in [-0.4, -0.2) is 48.2 Å². The molecule has 2 unspecified atom stereocenters. The molecular weight excluding hydrogens is 289 g/mol. The van der Waals surface area contributed by atoms with Crippen molar-refractivity contribution in [2.24, 2.45) is 5.92 Å². The number of amides is 1. The van der Waals surface area contributed by atoms with E-state index in [1.165, 1.54) is 24.1 Å². The van der Waals surface area contributed by atoms with E-state index in [0.29, 0.717) is 0 Å². The van der Waals surface area contributed by atoms with Crippen LogP contribution in [0.3, 0.4) is 0 Å². The fourth-order valence-electron chi connectivity index (χ4n) is 2.14. The summed E-state index contributed by atoms with van der Waals surface area (Å²) in [6, 6.07) is 3.15. The second kappa shape index (κ2) is 5.76. The van der Waals surface area contributed by atoms with Crippen molar-refractivity contribution in [3.05, 3.63) is 34.6 Å². The number of carbonyl (C=O) groups excluding carboxylic acids is 1. The predicted molar refractivity (Wildman–Crippen MR) is 69.2 cm³/mol. The van der Waals surface area contributed by atoms with E-state index in [2.05, 4.69) is 0 Å². The standard InChI is InChI=1S/C13H13ClFNO4/c1-16(11-6-20-5-8(11)13(18)19)12(17)7-2-3-9(14)10(15)4-7/h2-4,8,11H,5-6H2,1H3,(H,18,19). The van der Waals surface area contributed by atoms with Crippen LogP contribution in [0.25, 0.3) is 0 Å². The Morgan fingerprint density at radius 2 is 2.15 bits per heavy atom. The summed E-state index contributed by atoms with van der Waals surface area (Å²) in [5.41, 5.74) is 0.116. The van der Waals surface area contributed by atoms with Crippen LogP contribution < -0.4 is 0 Å². The minimum Gasteiger partial charge on any atom is -0.481 e. The highest BCUT2D eigenvalue weighted by Crippen LogP contribution is 2.22. The number of likely N-dealkylation sites (N-methyl/N-ethyl adjacent to an activating group) is 1. The first-order valence-electron chi connectivity index (χ1n) is 5.94. The minimum absolute atomic E-state index is 0.0621. The number of nitrogens with zero attached hydrogens (tertiary/aromatic N) is 1. The Bertz CT molecular complexity index is 551. The molecule has 5 nitrogen and oxygen atoms in total. The van der Waals surface area contributed by atoms with E-state index in [4.69, 9.17) is 21.4 Å². The Morgan fingerprint density at radius 3 is 2.75 bits per heavy atom. The third-order valence-corrected chi connectivity index (χ3v) is 3.66. The van der Waals surface area contributed by atoms with Crippen molar-refractivity contribution in [2.45, 2.75) is 6.04 Å². The molecule has 1 fully saturated rings. The molecule has 0 saturated carbocycles. The molecule has 1 aromatic rings. The van der Waals surface area contributed by atoms with Crippen molar-refractivity contribution in [3.63, 3.8) is 0 Å². The number of halogens is 2. The maximum Gasteiger partial charge on any atom is 0.311 e. The third-order valence-electron chi connectivity index (χ3n) is 3.35. The number of hydrogen-bond donors (Lipinski definition) is 1. The van der Waals surface area contributed by atoms with E-state index in [1.54, 1.807) is 0 Å².